The van der Waals surface area contributed by atoms with Gasteiger partial charge in [0, 0.05) is 6.42 Å². The lowest BCUT2D eigenvalue weighted by molar-refractivity contribution is -0.143. The van der Waals surface area contributed by atoms with E-state index >= 15 is 0 Å². The maximum atomic E-state index is 11.3. The molecule has 0 aliphatic carbocycles. The number of ether oxygens (including phenoxy) is 1. The van der Waals surface area contributed by atoms with Crippen LogP contribution in [-0.4, -0.2) is 38.1 Å². The van der Waals surface area contributed by atoms with Crippen LogP contribution in [0.4, 0.5) is 0 Å². The molecule has 0 aromatic rings. The Bertz CT molecular complexity index is 193. The Morgan fingerprint density at radius 1 is 1.24 bits per heavy atom. The van der Waals surface area contributed by atoms with E-state index in [-0.39, 0.29) is 5.97 Å². The van der Waals surface area contributed by atoms with Gasteiger partial charge in [0.1, 0.15) is 0 Å². The van der Waals surface area contributed by atoms with Gasteiger partial charge in [-0.25, -0.2) is 0 Å². The molecule has 1 atom stereocenters. The molecule has 0 aliphatic rings. The molecule has 0 N–H and O–H groups in total. The van der Waals surface area contributed by atoms with E-state index in [0.29, 0.717) is 13.0 Å². The Kier molecular flexibility index (Phi) is 10.2. The first-order valence-corrected chi connectivity index (χ1v) is 6.86. The van der Waals surface area contributed by atoms with Gasteiger partial charge in [-0.2, -0.15) is 0 Å². The topological polar surface area (TPSA) is 29.5 Å². The molecule has 102 valence electrons. The summed E-state index contributed by atoms with van der Waals surface area (Å²) in [6, 6.07) is 0. The summed E-state index contributed by atoms with van der Waals surface area (Å²) < 4.78 is 5.18. The van der Waals surface area contributed by atoms with Gasteiger partial charge < -0.3 is 9.64 Å². The summed E-state index contributed by atoms with van der Waals surface area (Å²) in [6.07, 6.45) is 6.09. The smallest absolute Gasteiger partial charge is 0.305 e. The van der Waals surface area contributed by atoms with Crippen LogP contribution in [0.5, 0.6) is 0 Å². The van der Waals surface area contributed by atoms with Crippen molar-refractivity contribution in [3.8, 4) is 0 Å². The highest BCUT2D eigenvalue weighted by atomic mass is 16.5. The van der Waals surface area contributed by atoms with Gasteiger partial charge in [-0.1, -0.05) is 26.7 Å². The first-order valence-electron chi connectivity index (χ1n) is 6.86. The molecule has 0 heterocycles. The van der Waals surface area contributed by atoms with E-state index in [4.69, 9.17) is 4.74 Å². The van der Waals surface area contributed by atoms with Gasteiger partial charge in [-0.3, -0.25) is 4.79 Å². The number of hydrogen-bond acceptors (Lipinski definition) is 3. The van der Waals surface area contributed by atoms with Crippen LogP contribution >= 0.6 is 0 Å². The van der Waals surface area contributed by atoms with Crippen molar-refractivity contribution in [3.05, 3.63) is 0 Å². The highest BCUT2D eigenvalue weighted by molar-refractivity contribution is 5.69. The largest absolute Gasteiger partial charge is 0.466 e. The molecule has 0 saturated carbocycles. The van der Waals surface area contributed by atoms with Crippen LogP contribution in [0.15, 0.2) is 0 Å². The third kappa shape index (κ3) is 11.7. The minimum atomic E-state index is -0.0459. The fourth-order valence-electron chi connectivity index (χ4n) is 1.60. The Morgan fingerprint density at radius 3 is 2.53 bits per heavy atom. The first kappa shape index (κ1) is 16.4. The molecule has 0 fully saturated rings. The summed E-state index contributed by atoms with van der Waals surface area (Å²) >= 11 is 0. The molecule has 3 nitrogen and oxygen atoms in total. The van der Waals surface area contributed by atoms with Gasteiger partial charge >= 0.3 is 5.97 Å². The molecule has 0 aliphatic heterocycles. The third-order valence-corrected chi connectivity index (χ3v) is 3.04. The molecule has 0 aromatic heterocycles. The van der Waals surface area contributed by atoms with Gasteiger partial charge in [-0.15, -0.1) is 0 Å². The van der Waals surface area contributed by atoms with Gasteiger partial charge in [0.25, 0.3) is 0 Å². The lowest BCUT2D eigenvalue weighted by Crippen LogP contribution is -2.15. The normalized spacial score (nSPS) is 12.8. The number of carbonyl (C=O) groups excluding carboxylic acids is 1. The molecular weight excluding hydrogens is 214 g/mol. The molecule has 0 rings (SSSR count). The number of hydrogen-bond donors (Lipinski definition) is 0. The van der Waals surface area contributed by atoms with E-state index < -0.39 is 0 Å². The zero-order valence-corrected chi connectivity index (χ0v) is 12.0. The number of rotatable bonds is 10. The molecule has 0 radical (unpaired) electrons. The fraction of sp³-hybridized carbons (Fsp3) is 0.929. The highest BCUT2D eigenvalue weighted by Crippen LogP contribution is 2.10. The Morgan fingerprint density at radius 2 is 1.94 bits per heavy atom. The Balaban J connectivity index is 3.27. The molecule has 17 heavy (non-hydrogen) atoms. The number of carbonyl (C=O) groups is 1. The average Bonchev–Trinajstić information content (AvgIpc) is 2.27. The molecule has 3 heteroatoms. The second kappa shape index (κ2) is 10.6. The standard InChI is InChI=1S/C14H29NO2/c1-5-13(2)9-6-7-12-17-14(16)10-8-11-15(3)4/h13H,5-12H2,1-4H3. The minimum Gasteiger partial charge on any atom is -0.466 e. The van der Waals surface area contributed by atoms with Crippen molar-refractivity contribution >= 4 is 5.97 Å². The van der Waals surface area contributed by atoms with E-state index in [2.05, 4.69) is 18.7 Å². The van der Waals surface area contributed by atoms with Crippen molar-refractivity contribution in [1.29, 1.82) is 0 Å². The van der Waals surface area contributed by atoms with Crippen LogP contribution in [0.25, 0.3) is 0 Å². The van der Waals surface area contributed by atoms with Crippen LogP contribution in [-0.2, 0) is 9.53 Å². The van der Waals surface area contributed by atoms with Gasteiger partial charge in [-0.05, 0) is 45.8 Å². The van der Waals surface area contributed by atoms with Crippen LogP contribution in [0.1, 0.15) is 52.4 Å². The molecule has 0 aromatic carbocycles. The van der Waals surface area contributed by atoms with E-state index in [9.17, 15) is 4.79 Å². The maximum Gasteiger partial charge on any atom is 0.305 e. The van der Waals surface area contributed by atoms with Crippen molar-refractivity contribution in [2.75, 3.05) is 27.2 Å². The quantitative estimate of drug-likeness (QED) is 0.436. The SMILES string of the molecule is CCC(C)CCCCOC(=O)CCCN(C)C. The zero-order chi connectivity index (χ0) is 13.1. The van der Waals surface area contributed by atoms with E-state index in [1.807, 2.05) is 14.1 Å². The number of esters is 1. The monoisotopic (exact) mass is 243 g/mol. The molecule has 0 amide bonds. The van der Waals surface area contributed by atoms with Crippen LogP contribution in [0.3, 0.4) is 0 Å². The predicted molar refractivity (Wildman–Crippen MR) is 72.1 cm³/mol. The second-order valence-corrected chi connectivity index (χ2v) is 5.14. The van der Waals surface area contributed by atoms with E-state index in [1.165, 1.54) is 19.3 Å². The fourth-order valence-corrected chi connectivity index (χ4v) is 1.60. The second-order valence-electron chi connectivity index (χ2n) is 5.14. The van der Waals surface area contributed by atoms with Crippen molar-refractivity contribution < 1.29 is 9.53 Å². The number of nitrogens with zero attached hydrogens (tertiary/aromatic N) is 1. The summed E-state index contributed by atoms with van der Waals surface area (Å²) in [4.78, 5) is 13.4. The summed E-state index contributed by atoms with van der Waals surface area (Å²) in [5.74, 6) is 0.751. The summed E-state index contributed by atoms with van der Waals surface area (Å²) in [6.45, 7) is 6.03. The summed E-state index contributed by atoms with van der Waals surface area (Å²) in [5, 5.41) is 0. The summed E-state index contributed by atoms with van der Waals surface area (Å²) in [7, 11) is 4.03. The maximum absolute atomic E-state index is 11.3. The van der Waals surface area contributed by atoms with Crippen molar-refractivity contribution in [1.82, 2.24) is 4.90 Å². The molecule has 0 saturated heterocycles. The Labute approximate surface area is 107 Å². The van der Waals surface area contributed by atoms with E-state index in [0.717, 1.165) is 25.3 Å². The molecule has 0 bridgehead atoms. The molecule has 0 spiro atoms. The lowest BCUT2D eigenvalue weighted by Gasteiger charge is -2.09. The molecular formula is C14H29NO2. The van der Waals surface area contributed by atoms with Gasteiger partial charge in [0.2, 0.25) is 0 Å². The van der Waals surface area contributed by atoms with Gasteiger partial charge in [0.15, 0.2) is 0 Å². The highest BCUT2D eigenvalue weighted by Gasteiger charge is 2.03. The Hall–Kier alpha value is -0.570. The van der Waals surface area contributed by atoms with Crippen molar-refractivity contribution in [2.45, 2.75) is 52.4 Å². The predicted octanol–water partition coefficient (Wildman–Crippen LogP) is 3.09. The van der Waals surface area contributed by atoms with Crippen LogP contribution < -0.4 is 0 Å². The van der Waals surface area contributed by atoms with Gasteiger partial charge in [0.05, 0.1) is 6.61 Å². The molecule has 1 unspecified atom stereocenters. The van der Waals surface area contributed by atoms with Crippen molar-refractivity contribution in [2.24, 2.45) is 5.92 Å². The lowest BCUT2D eigenvalue weighted by atomic mass is 10.0. The van der Waals surface area contributed by atoms with Crippen molar-refractivity contribution in [3.63, 3.8) is 0 Å². The summed E-state index contributed by atoms with van der Waals surface area (Å²) in [5.41, 5.74) is 0. The van der Waals surface area contributed by atoms with E-state index in [1.54, 1.807) is 0 Å². The van der Waals surface area contributed by atoms with Crippen LogP contribution in [0, 0.1) is 5.92 Å². The average molecular weight is 243 g/mol. The minimum absolute atomic E-state index is 0.0459. The first-order chi connectivity index (χ1) is 8.06. The third-order valence-electron chi connectivity index (χ3n) is 3.04. The number of unbranched alkanes of at least 4 members (excludes halogenated alkanes) is 1. The zero-order valence-electron chi connectivity index (χ0n) is 12.0. The van der Waals surface area contributed by atoms with Crippen LogP contribution in [0.2, 0.25) is 0 Å².